The zero-order valence-corrected chi connectivity index (χ0v) is 18.2. The molecule has 0 unspecified atom stereocenters. The number of esters is 1. The molecule has 0 spiro atoms. The molecule has 2 aromatic carbocycles. The Labute approximate surface area is 186 Å². The lowest BCUT2D eigenvalue weighted by molar-refractivity contribution is 0.0499. The van der Waals surface area contributed by atoms with Gasteiger partial charge in [-0.3, -0.25) is 9.59 Å². The van der Waals surface area contributed by atoms with E-state index in [-0.39, 0.29) is 12.2 Å². The van der Waals surface area contributed by atoms with Gasteiger partial charge >= 0.3 is 5.97 Å². The number of pyridine rings is 1. The first kappa shape index (κ1) is 22.8. The third-order valence-corrected chi connectivity index (χ3v) is 4.72. The van der Waals surface area contributed by atoms with E-state index < -0.39 is 17.4 Å². The van der Waals surface area contributed by atoms with E-state index in [1.807, 2.05) is 38.1 Å². The van der Waals surface area contributed by atoms with E-state index in [0.717, 1.165) is 28.7 Å². The zero-order valence-electron chi connectivity index (χ0n) is 18.2. The van der Waals surface area contributed by atoms with Crippen LogP contribution < -0.4 is 15.7 Å². The minimum Gasteiger partial charge on any atom is -0.462 e. The minimum atomic E-state index is -0.568. The molecular weight excluding hydrogens is 408 g/mol. The molecule has 1 N–H and O–H groups in total. The predicted octanol–water partition coefficient (Wildman–Crippen LogP) is 3.99. The molecule has 0 saturated carbocycles. The van der Waals surface area contributed by atoms with Crippen LogP contribution in [0.1, 0.15) is 51.6 Å². The van der Waals surface area contributed by atoms with Crippen molar-refractivity contribution in [3.63, 3.8) is 0 Å². The number of amides is 1. The van der Waals surface area contributed by atoms with Crippen molar-refractivity contribution in [1.82, 2.24) is 4.73 Å². The molecule has 1 amide bonds. The topological polar surface area (TPSA) is 86.6 Å². The molecule has 0 aliphatic carbocycles. The molecular formula is C25H26N2O5. The lowest BCUT2D eigenvalue weighted by Crippen LogP contribution is -2.32. The Bertz CT molecular complexity index is 1140. The molecule has 0 aliphatic heterocycles. The van der Waals surface area contributed by atoms with Gasteiger partial charge < -0.3 is 14.9 Å². The third kappa shape index (κ3) is 6.07. The van der Waals surface area contributed by atoms with Crippen molar-refractivity contribution >= 4 is 17.6 Å². The maximum absolute atomic E-state index is 12.7. The summed E-state index contributed by atoms with van der Waals surface area (Å²) in [7, 11) is 0. The second kappa shape index (κ2) is 10.9. The monoisotopic (exact) mass is 434 g/mol. The van der Waals surface area contributed by atoms with E-state index in [2.05, 4.69) is 5.32 Å². The molecule has 0 atom stereocenters. The number of aryl methyl sites for hydroxylation is 1. The summed E-state index contributed by atoms with van der Waals surface area (Å²) in [6, 6.07) is 17.1. The largest absolute Gasteiger partial charge is 0.462 e. The third-order valence-electron chi connectivity index (χ3n) is 4.72. The number of hydrogen-bond acceptors (Lipinski definition) is 5. The van der Waals surface area contributed by atoms with Crippen molar-refractivity contribution in [2.24, 2.45) is 0 Å². The van der Waals surface area contributed by atoms with Gasteiger partial charge in [-0.25, -0.2) is 4.79 Å². The van der Waals surface area contributed by atoms with Crippen molar-refractivity contribution in [3.8, 4) is 0 Å². The van der Waals surface area contributed by atoms with Crippen molar-refractivity contribution in [3.05, 3.63) is 99.5 Å². The number of anilines is 1. The first-order valence-corrected chi connectivity index (χ1v) is 10.5. The quantitative estimate of drug-likeness (QED) is 0.406. The molecule has 1 aromatic heterocycles. The molecule has 0 aliphatic rings. The van der Waals surface area contributed by atoms with Crippen molar-refractivity contribution in [2.45, 2.75) is 33.3 Å². The predicted molar refractivity (Wildman–Crippen MR) is 122 cm³/mol. The molecule has 1 heterocycles. The number of ether oxygens (including phenoxy) is 1. The molecule has 7 nitrogen and oxygen atoms in total. The lowest BCUT2D eigenvalue weighted by Gasteiger charge is -2.11. The number of benzene rings is 2. The fraction of sp³-hybridized carbons (Fsp3) is 0.240. The first-order chi connectivity index (χ1) is 15.5. The maximum atomic E-state index is 12.7. The fourth-order valence-electron chi connectivity index (χ4n) is 2.98. The van der Waals surface area contributed by atoms with Crippen LogP contribution in [0.3, 0.4) is 0 Å². The summed E-state index contributed by atoms with van der Waals surface area (Å²) in [4.78, 5) is 42.8. The van der Waals surface area contributed by atoms with E-state index in [9.17, 15) is 14.4 Å². The van der Waals surface area contributed by atoms with E-state index in [0.29, 0.717) is 17.9 Å². The molecule has 0 saturated heterocycles. The average Bonchev–Trinajstić information content (AvgIpc) is 2.79. The van der Waals surface area contributed by atoms with Crippen LogP contribution in [-0.4, -0.2) is 23.2 Å². The molecule has 0 radical (unpaired) electrons. The van der Waals surface area contributed by atoms with E-state index >= 15 is 0 Å². The highest BCUT2D eigenvalue weighted by atomic mass is 16.7. The molecule has 0 fully saturated rings. The van der Waals surface area contributed by atoms with Gasteiger partial charge in [-0.1, -0.05) is 43.2 Å². The Hall–Kier alpha value is -3.87. The molecule has 32 heavy (non-hydrogen) atoms. The standard InChI is InChI=1S/C25H26N2O5/c1-3-4-15-31-25(30)20-10-12-21(13-11-20)26-23(28)22-9-6-14-27(24(22)29)32-17-19-8-5-7-18(2)16-19/h5-14,16H,3-4,15,17H2,1-2H3,(H,26,28). The summed E-state index contributed by atoms with van der Waals surface area (Å²) in [6.07, 6.45) is 3.22. The van der Waals surface area contributed by atoms with Gasteiger partial charge in [0.1, 0.15) is 12.2 Å². The molecule has 0 bridgehead atoms. The van der Waals surface area contributed by atoms with Crippen LogP contribution >= 0.6 is 0 Å². The van der Waals surface area contributed by atoms with Crippen LogP contribution in [0.2, 0.25) is 0 Å². The second-order valence-electron chi connectivity index (χ2n) is 7.34. The molecule has 166 valence electrons. The van der Waals surface area contributed by atoms with E-state index in [1.54, 1.807) is 30.3 Å². The highest BCUT2D eigenvalue weighted by Crippen LogP contribution is 2.12. The van der Waals surface area contributed by atoms with Crippen LogP contribution in [0, 0.1) is 6.92 Å². The van der Waals surface area contributed by atoms with Crippen LogP contribution in [-0.2, 0) is 11.3 Å². The second-order valence-corrected chi connectivity index (χ2v) is 7.34. The van der Waals surface area contributed by atoms with Crippen molar-refractivity contribution in [1.29, 1.82) is 0 Å². The van der Waals surface area contributed by atoms with Crippen LogP contribution in [0.5, 0.6) is 0 Å². The Kier molecular flexibility index (Phi) is 7.80. The number of unbranched alkanes of at least 4 members (excludes halogenated alkanes) is 1. The summed E-state index contributed by atoms with van der Waals surface area (Å²) in [6.45, 7) is 4.56. The first-order valence-electron chi connectivity index (χ1n) is 10.5. The van der Waals surface area contributed by atoms with Gasteiger partial charge in [-0.2, -0.15) is 4.73 Å². The van der Waals surface area contributed by atoms with Gasteiger partial charge in [0, 0.05) is 11.9 Å². The summed E-state index contributed by atoms with van der Waals surface area (Å²) in [5, 5.41) is 2.67. The van der Waals surface area contributed by atoms with E-state index in [4.69, 9.17) is 9.57 Å². The summed E-state index contributed by atoms with van der Waals surface area (Å²) < 4.78 is 6.21. The zero-order chi connectivity index (χ0) is 22.9. The van der Waals surface area contributed by atoms with Gasteiger partial charge in [0.15, 0.2) is 0 Å². The summed E-state index contributed by atoms with van der Waals surface area (Å²) in [5.41, 5.74) is 2.24. The number of rotatable bonds is 9. The van der Waals surface area contributed by atoms with Crippen molar-refractivity contribution in [2.75, 3.05) is 11.9 Å². The Morgan fingerprint density at radius 1 is 1.03 bits per heavy atom. The Balaban J connectivity index is 1.64. The van der Waals surface area contributed by atoms with Crippen LogP contribution in [0.15, 0.2) is 71.7 Å². The van der Waals surface area contributed by atoms with Gasteiger partial charge in [-0.15, -0.1) is 0 Å². The highest BCUT2D eigenvalue weighted by molar-refractivity contribution is 6.04. The maximum Gasteiger partial charge on any atom is 0.338 e. The smallest absolute Gasteiger partial charge is 0.338 e. The van der Waals surface area contributed by atoms with Gasteiger partial charge in [0.25, 0.3) is 11.5 Å². The molecule has 3 rings (SSSR count). The Morgan fingerprint density at radius 3 is 2.53 bits per heavy atom. The Morgan fingerprint density at radius 2 is 1.81 bits per heavy atom. The summed E-state index contributed by atoms with van der Waals surface area (Å²) >= 11 is 0. The van der Waals surface area contributed by atoms with Gasteiger partial charge in [-0.05, 0) is 55.3 Å². The molecule has 3 aromatic rings. The molecule has 7 heteroatoms. The van der Waals surface area contributed by atoms with Crippen LogP contribution in [0.25, 0.3) is 0 Å². The fourth-order valence-corrected chi connectivity index (χ4v) is 2.98. The number of carbonyl (C=O) groups excluding carboxylic acids is 2. The minimum absolute atomic E-state index is 0.0557. The van der Waals surface area contributed by atoms with Crippen LogP contribution in [0.4, 0.5) is 5.69 Å². The normalized spacial score (nSPS) is 10.4. The lowest BCUT2D eigenvalue weighted by atomic mass is 10.1. The number of nitrogens with zero attached hydrogens (tertiary/aromatic N) is 1. The number of nitrogens with one attached hydrogen (secondary N) is 1. The van der Waals surface area contributed by atoms with Crippen molar-refractivity contribution < 1.29 is 19.2 Å². The number of hydrogen-bond donors (Lipinski definition) is 1. The van der Waals surface area contributed by atoms with E-state index in [1.165, 1.54) is 12.3 Å². The number of aromatic nitrogens is 1. The SMILES string of the molecule is CCCCOC(=O)c1ccc(NC(=O)c2cccn(OCc3cccc(C)c3)c2=O)cc1. The number of carbonyl (C=O) groups is 2. The average molecular weight is 434 g/mol. The van der Waals surface area contributed by atoms with Gasteiger partial charge in [0.05, 0.1) is 12.2 Å². The summed E-state index contributed by atoms with van der Waals surface area (Å²) in [5.74, 6) is -0.977. The van der Waals surface area contributed by atoms with Gasteiger partial charge in [0.2, 0.25) is 0 Å². The highest BCUT2D eigenvalue weighted by Gasteiger charge is 2.14.